The fourth-order valence-electron chi connectivity index (χ4n) is 1.58. The third-order valence-electron chi connectivity index (χ3n) is 2.26. The van der Waals surface area contributed by atoms with Gasteiger partial charge in [0.1, 0.15) is 0 Å². The molecule has 1 rings (SSSR count). The van der Waals surface area contributed by atoms with Gasteiger partial charge in [0, 0.05) is 19.2 Å². The third kappa shape index (κ3) is 3.18. The van der Waals surface area contributed by atoms with Crippen molar-refractivity contribution in [3.05, 3.63) is 0 Å². The summed E-state index contributed by atoms with van der Waals surface area (Å²) in [4.78, 5) is 6.49. The summed E-state index contributed by atoms with van der Waals surface area (Å²) in [6.45, 7) is 8.71. The summed E-state index contributed by atoms with van der Waals surface area (Å²) < 4.78 is 5.44. The largest absolute Gasteiger partial charge is 0.379 e. The van der Waals surface area contributed by atoms with E-state index in [0.717, 1.165) is 26.2 Å². The van der Waals surface area contributed by atoms with E-state index in [1.165, 1.54) is 0 Å². The number of ether oxygens (including phenoxy) is 1. The Morgan fingerprint density at radius 1 is 1.57 bits per heavy atom. The molecule has 1 fully saturated rings. The standard InChI is InChI=1S/C10H21N3O/c1-8(2)12-10(11)13-5-4-6-14-7-9(13)3/h8-9H,4-7H2,1-3H3,(H2,11,12). The Morgan fingerprint density at radius 3 is 2.93 bits per heavy atom. The Hall–Kier alpha value is -0.770. The zero-order chi connectivity index (χ0) is 10.6. The molecule has 0 aromatic heterocycles. The zero-order valence-corrected chi connectivity index (χ0v) is 9.36. The average molecular weight is 199 g/mol. The molecule has 0 bridgehead atoms. The molecule has 0 saturated carbocycles. The predicted molar refractivity (Wildman–Crippen MR) is 58.4 cm³/mol. The van der Waals surface area contributed by atoms with Crippen LogP contribution in [0.2, 0.25) is 0 Å². The molecule has 82 valence electrons. The van der Waals surface area contributed by atoms with E-state index in [-0.39, 0.29) is 6.04 Å². The van der Waals surface area contributed by atoms with Gasteiger partial charge in [-0.25, -0.2) is 0 Å². The van der Waals surface area contributed by atoms with E-state index in [2.05, 4.69) is 16.8 Å². The fourth-order valence-corrected chi connectivity index (χ4v) is 1.58. The average Bonchev–Trinajstić information content (AvgIpc) is 2.28. The van der Waals surface area contributed by atoms with Gasteiger partial charge in [0.05, 0.1) is 12.6 Å². The number of rotatable bonds is 1. The van der Waals surface area contributed by atoms with E-state index < -0.39 is 0 Å². The van der Waals surface area contributed by atoms with E-state index in [4.69, 9.17) is 10.5 Å². The van der Waals surface area contributed by atoms with Gasteiger partial charge < -0.3 is 15.4 Å². The minimum atomic E-state index is 0.256. The van der Waals surface area contributed by atoms with E-state index in [9.17, 15) is 0 Å². The first-order chi connectivity index (χ1) is 6.61. The maximum Gasteiger partial charge on any atom is 0.191 e. The van der Waals surface area contributed by atoms with Crippen LogP contribution in [0.1, 0.15) is 27.2 Å². The van der Waals surface area contributed by atoms with Crippen LogP contribution in [0.5, 0.6) is 0 Å². The summed E-state index contributed by atoms with van der Waals surface area (Å²) in [6.07, 6.45) is 1.03. The van der Waals surface area contributed by atoms with Gasteiger partial charge in [-0.05, 0) is 27.2 Å². The third-order valence-corrected chi connectivity index (χ3v) is 2.26. The normalized spacial score (nSPS) is 25.3. The molecule has 14 heavy (non-hydrogen) atoms. The lowest BCUT2D eigenvalue weighted by Gasteiger charge is -2.27. The van der Waals surface area contributed by atoms with Crippen LogP contribution in [0, 0.1) is 0 Å². The second-order valence-corrected chi connectivity index (χ2v) is 4.05. The van der Waals surface area contributed by atoms with Crippen LogP contribution in [-0.4, -0.2) is 42.7 Å². The lowest BCUT2D eigenvalue weighted by Crippen LogP contribution is -2.45. The summed E-state index contributed by atoms with van der Waals surface area (Å²) in [7, 11) is 0. The highest BCUT2D eigenvalue weighted by atomic mass is 16.5. The first-order valence-corrected chi connectivity index (χ1v) is 5.29. The van der Waals surface area contributed by atoms with Gasteiger partial charge in [0.15, 0.2) is 5.96 Å². The molecule has 4 nitrogen and oxygen atoms in total. The number of aliphatic imine (C=N–C) groups is 1. The maximum absolute atomic E-state index is 5.93. The lowest BCUT2D eigenvalue weighted by atomic mass is 10.3. The van der Waals surface area contributed by atoms with Crippen LogP contribution in [0.25, 0.3) is 0 Å². The molecule has 0 amide bonds. The molecule has 1 unspecified atom stereocenters. The highest BCUT2D eigenvalue weighted by Crippen LogP contribution is 2.06. The van der Waals surface area contributed by atoms with Gasteiger partial charge in [-0.2, -0.15) is 0 Å². The molecule has 4 heteroatoms. The summed E-state index contributed by atoms with van der Waals surface area (Å²) in [5.41, 5.74) is 5.93. The second kappa shape index (κ2) is 5.20. The minimum Gasteiger partial charge on any atom is -0.379 e. The van der Waals surface area contributed by atoms with E-state index >= 15 is 0 Å². The first-order valence-electron chi connectivity index (χ1n) is 5.29. The van der Waals surface area contributed by atoms with Gasteiger partial charge in [-0.1, -0.05) is 0 Å². The molecule has 1 heterocycles. The Balaban J connectivity index is 2.63. The number of hydrogen-bond donors (Lipinski definition) is 1. The highest BCUT2D eigenvalue weighted by molar-refractivity contribution is 5.78. The molecule has 2 N–H and O–H groups in total. The van der Waals surface area contributed by atoms with Crippen molar-refractivity contribution >= 4 is 5.96 Å². The van der Waals surface area contributed by atoms with E-state index in [1.54, 1.807) is 0 Å². The van der Waals surface area contributed by atoms with Crippen molar-refractivity contribution in [2.24, 2.45) is 10.7 Å². The van der Waals surface area contributed by atoms with Gasteiger partial charge in [-0.3, -0.25) is 4.99 Å². The predicted octanol–water partition coefficient (Wildman–Crippen LogP) is 0.820. The van der Waals surface area contributed by atoms with Crippen molar-refractivity contribution < 1.29 is 4.74 Å². The molecule has 1 aliphatic rings. The number of guanidine groups is 1. The Bertz CT molecular complexity index is 204. The summed E-state index contributed by atoms with van der Waals surface area (Å²) in [6, 6.07) is 0.589. The lowest BCUT2D eigenvalue weighted by molar-refractivity contribution is 0.124. The summed E-state index contributed by atoms with van der Waals surface area (Å²) >= 11 is 0. The van der Waals surface area contributed by atoms with Crippen molar-refractivity contribution in [3.8, 4) is 0 Å². The number of nitrogens with zero attached hydrogens (tertiary/aromatic N) is 2. The molecule has 0 radical (unpaired) electrons. The Morgan fingerprint density at radius 2 is 2.29 bits per heavy atom. The van der Waals surface area contributed by atoms with Crippen molar-refractivity contribution in [2.45, 2.75) is 39.3 Å². The van der Waals surface area contributed by atoms with Crippen molar-refractivity contribution in [1.29, 1.82) is 0 Å². The van der Waals surface area contributed by atoms with Gasteiger partial charge >= 0.3 is 0 Å². The molecular weight excluding hydrogens is 178 g/mol. The van der Waals surface area contributed by atoms with Crippen LogP contribution in [0.3, 0.4) is 0 Å². The monoisotopic (exact) mass is 199 g/mol. The maximum atomic E-state index is 5.93. The zero-order valence-electron chi connectivity index (χ0n) is 9.36. The van der Waals surface area contributed by atoms with E-state index in [1.807, 2.05) is 13.8 Å². The van der Waals surface area contributed by atoms with Gasteiger partial charge in [0.25, 0.3) is 0 Å². The fraction of sp³-hybridized carbons (Fsp3) is 0.900. The molecule has 0 aromatic carbocycles. The number of nitrogens with two attached hydrogens (primary N) is 1. The quantitative estimate of drug-likeness (QED) is 0.502. The van der Waals surface area contributed by atoms with Crippen LogP contribution in [0.15, 0.2) is 4.99 Å². The SMILES string of the molecule is CC(C)N=C(N)N1CCCOCC1C. The molecule has 1 aliphatic heterocycles. The molecule has 0 aromatic rings. The van der Waals surface area contributed by atoms with Gasteiger partial charge in [-0.15, -0.1) is 0 Å². The number of hydrogen-bond acceptors (Lipinski definition) is 2. The van der Waals surface area contributed by atoms with Crippen LogP contribution in [-0.2, 0) is 4.74 Å². The summed E-state index contributed by atoms with van der Waals surface area (Å²) in [5.74, 6) is 0.651. The molecule has 0 aliphatic carbocycles. The van der Waals surface area contributed by atoms with Crippen LogP contribution < -0.4 is 5.73 Å². The van der Waals surface area contributed by atoms with E-state index in [0.29, 0.717) is 12.0 Å². The van der Waals surface area contributed by atoms with Crippen LogP contribution >= 0.6 is 0 Å². The Labute approximate surface area is 86.1 Å². The highest BCUT2D eigenvalue weighted by Gasteiger charge is 2.18. The smallest absolute Gasteiger partial charge is 0.191 e. The Kier molecular flexibility index (Phi) is 4.20. The topological polar surface area (TPSA) is 50.8 Å². The van der Waals surface area contributed by atoms with Crippen LogP contribution in [0.4, 0.5) is 0 Å². The molecular formula is C10H21N3O. The van der Waals surface area contributed by atoms with Gasteiger partial charge in [0.2, 0.25) is 0 Å². The molecule has 1 atom stereocenters. The molecule has 0 spiro atoms. The van der Waals surface area contributed by atoms with Crippen molar-refractivity contribution in [1.82, 2.24) is 4.90 Å². The second-order valence-electron chi connectivity index (χ2n) is 4.05. The molecule has 1 saturated heterocycles. The van der Waals surface area contributed by atoms with Crippen molar-refractivity contribution in [3.63, 3.8) is 0 Å². The summed E-state index contributed by atoms with van der Waals surface area (Å²) in [5, 5.41) is 0. The minimum absolute atomic E-state index is 0.256. The first kappa shape index (κ1) is 11.3. The van der Waals surface area contributed by atoms with Crippen molar-refractivity contribution in [2.75, 3.05) is 19.8 Å².